The standard InChI is InChI=1S/C8H13N3O6/c9-4(8(17)11-3-7(15)16)1-5(12)10-2-6(13)14/h4H,1-3,9H2,(H,10,12)(H,11,17)(H,13,14)(H,15,16). The maximum Gasteiger partial charge on any atom is 0.322 e. The van der Waals surface area contributed by atoms with Crippen molar-refractivity contribution in [1.82, 2.24) is 10.6 Å². The molecule has 0 aliphatic rings. The highest BCUT2D eigenvalue weighted by Gasteiger charge is 2.18. The average Bonchev–Trinajstić information content (AvgIpc) is 2.22. The summed E-state index contributed by atoms with van der Waals surface area (Å²) in [5, 5.41) is 20.5. The highest BCUT2D eigenvalue weighted by Crippen LogP contribution is 1.88. The van der Waals surface area contributed by atoms with Gasteiger partial charge in [0.1, 0.15) is 13.1 Å². The summed E-state index contributed by atoms with van der Waals surface area (Å²) in [6, 6.07) is -1.22. The van der Waals surface area contributed by atoms with Crippen LogP contribution in [-0.4, -0.2) is 53.1 Å². The summed E-state index contributed by atoms with van der Waals surface area (Å²) >= 11 is 0. The lowest BCUT2D eigenvalue weighted by atomic mass is 10.2. The van der Waals surface area contributed by atoms with Crippen molar-refractivity contribution in [2.75, 3.05) is 13.1 Å². The molecule has 0 saturated carbocycles. The third kappa shape index (κ3) is 7.73. The Kier molecular flexibility index (Phi) is 6.26. The lowest BCUT2D eigenvalue weighted by molar-refractivity contribution is -0.139. The van der Waals surface area contributed by atoms with E-state index in [0.29, 0.717) is 0 Å². The van der Waals surface area contributed by atoms with Crippen LogP contribution in [0.25, 0.3) is 0 Å². The summed E-state index contributed by atoms with van der Waals surface area (Å²) in [6.07, 6.45) is -0.418. The third-order valence-electron chi connectivity index (χ3n) is 1.59. The van der Waals surface area contributed by atoms with E-state index < -0.39 is 49.3 Å². The zero-order chi connectivity index (χ0) is 13.4. The van der Waals surface area contributed by atoms with Gasteiger partial charge >= 0.3 is 11.9 Å². The number of aliphatic carboxylic acids is 2. The molecule has 96 valence electrons. The fourth-order valence-electron chi connectivity index (χ4n) is 0.833. The number of rotatable bonds is 7. The van der Waals surface area contributed by atoms with Crippen LogP contribution in [0.2, 0.25) is 0 Å². The summed E-state index contributed by atoms with van der Waals surface area (Å²) in [5.74, 6) is -3.95. The molecular formula is C8H13N3O6. The molecule has 2 amide bonds. The van der Waals surface area contributed by atoms with Crippen molar-refractivity contribution in [2.24, 2.45) is 5.73 Å². The first-order chi connectivity index (χ1) is 7.82. The Labute approximate surface area is 96.0 Å². The zero-order valence-corrected chi connectivity index (χ0v) is 8.80. The minimum absolute atomic E-state index is 0.418. The molecule has 9 nitrogen and oxygen atoms in total. The Morgan fingerprint density at radius 3 is 1.94 bits per heavy atom. The van der Waals surface area contributed by atoms with Crippen LogP contribution in [-0.2, 0) is 19.2 Å². The largest absolute Gasteiger partial charge is 0.480 e. The Balaban J connectivity index is 3.94. The van der Waals surface area contributed by atoms with Gasteiger partial charge in [0.25, 0.3) is 0 Å². The van der Waals surface area contributed by atoms with E-state index in [1.54, 1.807) is 0 Å². The molecule has 0 aromatic carbocycles. The zero-order valence-electron chi connectivity index (χ0n) is 8.80. The van der Waals surface area contributed by atoms with Gasteiger partial charge in [-0.15, -0.1) is 0 Å². The molecule has 0 bridgehead atoms. The maximum absolute atomic E-state index is 11.1. The molecule has 17 heavy (non-hydrogen) atoms. The lowest BCUT2D eigenvalue weighted by Crippen LogP contribution is -2.45. The quantitative estimate of drug-likeness (QED) is 0.322. The molecule has 1 atom stereocenters. The number of amides is 2. The molecule has 0 aromatic heterocycles. The second-order valence-corrected chi connectivity index (χ2v) is 3.09. The molecule has 0 aromatic rings. The summed E-state index contributed by atoms with van der Waals surface area (Å²) in [6.45, 7) is -1.16. The van der Waals surface area contributed by atoms with E-state index in [1.807, 2.05) is 10.6 Å². The minimum atomic E-state index is -1.24. The van der Waals surface area contributed by atoms with E-state index in [0.717, 1.165) is 0 Å². The highest BCUT2D eigenvalue weighted by molar-refractivity contribution is 5.90. The van der Waals surface area contributed by atoms with Gasteiger partial charge in [0, 0.05) is 0 Å². The van der Waals surface area contributed by atoms with Crippen LogP contribution in [0, 0.1) is 0 Å². The van der Waals surface area contributed by atoms with Gasteiger partial charge in [-0.25, -0.2) is 0 Å². The first-order valence-electron chi connectivity index (χ1n) is 4.56. The fraction of sp³-hybridized carbons (Fsp3) is 0.500. The first-order valence-corrected chi connectivity index (χ1v) is 4.56. The molecular weight excluding hydrogens is 234 g/mol. The predicted molar refractivity (Wildman–Crippen MR) is 53.9 cm³/mol. The smallest absolute Gasteiger partial charge is 0.322 e. The monoisotopic (exact) mass is 247 g/mol. The molecule has 9 heteroatoms. The molecule has 0 spiro atoms. The molecule has 6 N–H and O–H groups in total. The van der Waals surface area contributed by atoms with Gasteiger partial charge in [0.15, 0.2) is 0 Å². The Bertz CT molecular complexity index is 329. The Morgan fingerprint density at radius 1 is 1.00 bits per heavy atom. The fourth-order valence-corrected chi connectivity index (χ4v) is 0.833. The van der Waals surface area contributed by atoms with E-state index in [1.165, 1.54) is 0 Å². The number of carbonyl (C=O) groups excluding carboxylic acids is 2. The maximum atomic E-state index is 11.1. The number of carbonyl (C=O) groups is 4. The molecule has 1 unspecified atom stereocenters. The van der Waals surface area contributed by atoms with Gasteiger partial charge < -0.3 is 26.6 Å². The van der Waals surface area contributed by atoms with Crippen molar-refractivity contribution in [3.05, 3.63) is 0 Å². The molecule has 0 heterocycles. The SMILES string of the molecule is NC(CC(=O)NCC(=O)O)C(=O)NCC(=O)O. The van der Waals surface area contributed by atoms with Crippen LogP contribution in [0.15, 0.2) is 0 Å². The number of nitrogens with two attached hydrogens (primary N) is 1. The summed E-state index contributed by atoms with van der Waals surface area (Å²) in [7, 11) is 0. The second-order valence-electron chi connectivity index (χ2n) is 3.09. The van der Waals surface area contributed by atoms with Crippen LogP contribution in [0.3, 0.4) is 0 Å². The van der Waals surface area contributed by atoms with Crippen molar-refractivity contribution in [1.29, 1.82) is 0 Å². The molecule has 0 radical (unpaired) electrons. The molecule has 0 fully saturated rings. The highest BCUT2D eigenvalue weighted by atomic mass is 16.4. The van der Waals surface area contributed by atoms with Crippen LogP contribution in [0.4, 0.5) is 0 Å². The Hall–Kier alpha value is -2.16. The first kappa shape index (κ1) is 14.8. The van der Waals surface area contributed by atoms with Crippen LogP contribution in [0.1, 0.15) is 6.42 Å². The normalized spacial score (nSPS) is 11.4. The van der Waals surface area contributed by atoms with Crippen molar-refractivity contribution < 1.29 is 29.4 Å². The number of carboxylic acid groups (broad SMARTS) is 2. The second kappa shape index (κ2) is 7.17. The number of nitrogens with one attached hydrogen (secondary N) is 2. The predicted octanol–water partition coefficient (Wildman–Crippen LogP) is -2.89. The number of carboxylic acids is 2. The average molecular weight is 247 g/mol. The van der Waals surface area contributed by atoms with Crippen LogP contribution < -0.4 is 16.4 Å². The summed E-state index contributed by atoms with van der Waals surface area (Å²) in [5.41, 5.74) is 5.30. The van der Waals surface area contributed by atoms with E-state index in [2.05, 4.69) is 0 Å². The van der Waals surface area contributed by atoms with Gasteiger partial charge in [-0.2, -0.15) is 0 Å². The van der Waals surface area contributed by atoms with E-state index in [-0.39, 0.29) is 0 Å². The van der Waals surface area contributed by atoms with Gasteiger partial charge in [-0.05, 0) is 0 Å². The van der Waals surface area contributed by atoms with Crippen molar-refractivity contribution in [2.45, 2.75) is 12.5 Å². The van der Waals surface area contributed by atoms with Crippen LogP contribution in [0.5, 0.6) is 0 Å². The number of hydrogen-bond donors (Lipinski definition) is 5. The van der Waals surface area contributed by atoms with E-state index in [9.17, 15) is 19.2 Å². The molecule has 0 saturated heterocycles. The molecule has 0 aliphatic carbocycles. The molecule has 0 rings (SSSR count). The topological polar surface area (TPSA) is 159 Å². The van der Waals surface area contributed by atoms with Gasteiger partial charge in [0.2, 0.25) is 11.8 Å². The van der Waals surface area contributed by atoms with Crippen molar-refractivity contribution >= 4 is 23.8 Å². The van der Waals surface area contributed by atoms with E-state index >= 15 is 0 Å². The van der Waals surface area contributed by atoms with Crippen LogP contribution >= 0.6 is 0 Å². The lowest BCUT2D eigenvalue weighted by Gasteiger charge is -2.10. The van der Waals surface area contributed by atoms with Gasteiger partial charge in [-0.3, -0.25) is 19.2 Å². The van der Waals surface area contributed by atoms with E-state index in [4.69, 9.17) is 15.9 Å². The van der Waals surface area contributed by atoms with Gasteiger partial charge in [0.05, 0.1) is 12.5 Å². The minimum Gasteiger partial charge on any atom is -0.480 e. The van der Waals surface area contributed by atoms with Crippen molar-refractivity contribution in [3.63, 3.8) is 0 Å². The molecule has 0 aliphatic heterocycles. The Morgan fingerprint density at radius 2 is 1.47 bits per heavy atom. The summed E-state index contributed by atoms with van der Waals surface area (Å²) in [4.78, 5) is 42.4. The third-order valence-corrected chi connectivity index (χ3v) is 1.59. The van der Waals surface area contributed by atoms with Gasteiger partial charge in [-0.1, -0.05) is 0 Å². The summed E-state index contributed by atoms with van der Waals surface area (Å²) < 4.78 is 0. The number of hydrogen-bond acceptors (Lipinski definition) is 5. The van der Waals surface area contributed by atoms with Crippen molar-refractivity contribution in [3.8, 4) is 0 Å².